The van der Waals surface area contributed by atoms with E-state index in [1.807, 2.05) is 0 Å². The summed E-state index contributed by atoms with van der Waals surface area (Å²) in [6.07, 6.45) is 0.213. The first kappa shape index (κ1) is 91.3. The number of carboxylic acid groups (broad SMARTS) is 1. The van der Waals surface area contributed by atoms with Crippen molar-refractivity contribution < 1.29 is 78.0 Å². The number of phenols is 1. The second-order valence-electron chi connectivity index (χ2n) is 27.8. The number of para-hydroxylation sites is 1. The van der Waals surface area contributed by atoms with Gasteiger partial charge in [-0.05, 0) is 98.5 Å². The molecule has 0 saturated carbocycles. The predicted octanol–water partition coefficient (Wildman–Crippen LogP) is -1.89. The van der Waals surface area contributed by atoms with Gasteiger partial charge in [0.25, 0.3) is 0 Å². The summed E-state index contributed by atoms with van der Waals surface area (Å²) in [6, 6.07) is 19.5. The second kappa shape index (κ2) is 46.5. The molecule has 25 N–H and O–H groups in total. The number of nitrogens with zero attached hydrogens (tertiary/aromatic N) is 1. The lowest BCUT2D eigenvalue weighted by Gasteiger charge is -2.29. The number of fused-ring (bicyclic) bond motifs is 1. The van der Waals surface area contributed by atoms with Crippen molar-refractivity contribution in [2.45, 2.75) is 169 Å². The summed E-state index contributed by atoms with van der Waals surface area (Å²) < 4.78 is 0. The Morgan fingerprint density at radius 1 is 0.448 bits per heavy atom. The maximum atomic E-state index is 15.4. The molecule has 0 radical (unpaired) electrons. The maximum absolute atomic E-state index is 15.4. The van der Waals surface area contributed by atoms with Gasteiger partial charge in [-0.25, -0.2) is 9.78 Å². The standard InChI is InChI=1S/C79H103N19O16S2/c1-44(99)65(76(111)95-61(35-48-21-10-5-11-22-48)75(110)98-66(45(2)100)77(112)94-60(36-49-27-29-52(101)30-28-49)72(107)96-64(42-116)78(113)114)97-69(104)56(25-14-15-31-80)89-73(108)62(37-50-39-86-55-24-13-12-23-53(50)55)92-71(106)59(34-47-19-8-4-9-20-47)90-70(105)58(33-46-17-6-3-7-18-46)91-74(109)63(38-51-40-84-43-87-51)93-68(103)57(26-16-32-85-79(82)83)88-67(102)54(81)41-115/h3-13,17-24,27-30,39-40,43-45,54,56-66,86,99-101,115-116H,14-16,25-26,31-38,41-42,80-81H2,1-2H3,(H,84,87)(H,88,102)(H,89,108)(H,90,105)(H,91,109)(H,92,106)(H,93,103)(H,94,112)(H,95,111)(H,96,107)(H,97,104)(H,98,110)(H,113,114)(H4,82,83,85)/t44-,45-,54+,56+,57+,58+,59+,60-,61+,62-,63+,64+,65+,66+/m1/s1. The van der Waals surface area contributed by atoms with Crippen LogP contribution in [0.5, 0.6) is 5.75 Å². The zero-order valence-electron chi connectivity index (χ0n) is 64.0. The maximum Gasteiger partial charge on any atom is 0.327 e. The third-order valence-corrected chi connectivity index (χ3v) is 19.5. The van der Waals surface area contributed by atoms with E-state index in [1.165, 1.54) is 43.7 Å². The number of hydrogen-bond donors (Lipinski definition) is 24. The Balaban J connectivity index is 1.17. The molecule has 5 aromatic carbocycles. The minimum absolute atomic E-state index is 0.0124. The highest BCUT2D eigenvalue weighted by molar-refractivity contribution is 7.80. The number of nitrogens with two attached hydrogens (primary N) is 3. The molecule has 0 aliphatic heterocycles. The van der Waals surface area contributed by atoms with Crippen LogP contribution in [0.3, 0.4) is 0 Å². The molecule has 0 aliphatic rings. The van der Waals surface area contributed by atoms with Gasteiger partial charge in [0.15, 0.2) is 5.96 Å². The Kier molecular flexibility index (Phi) is 36.6. The number of H-pyrrole nitrogens is 2. The van der Waals surface area contributed by atoms with Crippen molar-refractivity contribution in [3.8, 4) is 5.75 Å². The average molecular weight is 1640 g/mol. The fourth-order valence-corrected chi connectivity index (χ4v) is 12.8. The van der Waals surface area contributed by atoms with Crippen molar-refractivity contribution in [2.75, 3.05) is 24.6 Å². The number of aliphatic hydroxyl groups is 2. The van der Waals surface area contributed by atoms with Gasteiger partial charge in [-0.3, -0.25) is 58.1 Å². The molecule has 7 rings (SSSR count). The second-order valence-corrected chi connectivity index (χ2v) is 28.6. The highest BCUT2D eigenvalue weighted by Crippen LogP contribution is 2.21. The summed E-state index contributed by atoms with van der Waals surface area (Å²) in [7, 11) is 0. The van der Waals surface area contributed by atoms with E-state index in [-0.39, 0.29) is 101 Å². The third-order valence-electron chi connectivity index (χ3n) is 18.7. The van der Waals surface area contributed by atoms with Crippen LogP contribution in [0.4, 0.5) is 0 Å². The summed E-state index contributed by atoms with van der Waals surface area (Å²) in [5.41, 5.74) is 20.9. The minimum Gasteiger partial charge on any atom is -0.508 e. The number of aliphatic hydroxyl groups excluding tert-OH is 2. The van der Waals surface area contributed by atoms with Crippen LogP contribution in [-0.2, 0) is 96.1 Å². The summed E-state index contributed by atoms with van der Waals surface area (Å²) >= 11 is 8.14. The zero-order chi connectivity index (χ0) is 84.4. The fourth-order valence-electron chi connectivity index (χ4n) is 12.4. The fraction of sp³-hybridized carbons (Fsp3) is 0.392. The Morgan fingerprint density at radius 3 is 1.25 bits per heavy atom. The molecule has 0 bridgehead atoms. The molecule has 7 aromatic rings. The SMILES string of the molecule is C[C@@H](O)[C@H](NC(=O)[C@H](CCCCN)NC(=O)[C@@H](Cc1c[nH]c2ccccc12)NC(=O)[C@H](Cc1ccccc1)NC(=O)[C@H](Cc1ccccc1)NC(=O)[C@H](Cc1c[nH]cn1)NC(=O)[C@H](CCCNC(=N)N)NC(=O)[C@@H](N)CS)C(=O)N[C@@H](Cc1ccccc1)C(=O)N[C@H](C(=O)N[C@H](Cc1ccc(O)cc1)C(=O)N[C@@H](CS)C(=O)O)[C@@H](C)O. The first-order chi connectivity index (χ1) is 55.5. The molecule has 2 heterocycles. The van der Waals surface area contributed by atoms with Gasteiger partial charge in [0.2, 0.25) is 65.0 Å². The molecule has 2 aromatic heterocycles. The molecule has 0 aliphatic carbocycles. The Bertz CT molecular complexity index is 4420. The number of rotatable bonds is 47. The number of carbonyl (C=O) groups is 12. The lowest BCUT2D eigenvalue weighted by atomic mass is 10.00. The molecule has 116 heavy (non-hydrogen) atoms. The number of aliphatic carboxylic acids is 1. The molecule has 0 saturated heterocycles. The number of guanidine groups is 1. The number of nitrogens with one attached hydrogen (secondary N) is 15. The van der Waals surface area contributed by atoms with Crippen LogP contribution < -0.4 is 81.0 Å². The molecule has 37 heteroatoms. The number of carbonyl (C=O) groups excluding carboxylic acids is 11. The van der Waals surface area contributed by atoms with E-state index in [1.54, 1.807) is 121 Å². The summed E-state index contributed by atoms with van der Waals surface area (Å²) in [5.74, 6) is -12.8. The topological polar surface area (TPSA) is 576 Å². The smallest absolute Gasteiger partial charge is 0.327 e. The van der Waals surface area contributed by atoms with Crippen LogP contribution in [0.2, 0.25) is 0 Å². The number of amides is 11. The Morgan fingerprint density at radius 2 is 0.828 bits per heavy atom. The Labute approximate surface area is 680 Å². The normalized spacial score (nSPS) is 14.8. The van der Waals surface area contributed by atoms with Gasteiger partial charge in [0, 0.05) is 79.9 Å². The molecule has 622 valence electrons. The van der Waals surface area contributed by atoms with Gasteiger partial charge in [-0.2, -0.15) is 25.3 Å². The summed E-state index contributed by atoms with van der Waals surface area (Å²) in [6.45, 7) is 2.62. The Hall–Kier alpha value is -11.9. The number of benzene rings is 5. The van der Waals surface area contributed by atoms with Crippen LogP contribution in [0.15, 0.2) is 158 Å². The third kappa shape index (κ3) is 29.2. The van der Waals surface area contributed by atoms with Crippen molar-refractivity contribution in [3.05, 3.63) is 192 Å². The quantitative estimate of drug-likeness (QED) is 0.00858. The number of hydrogen-bond acceptors (Lipinski definition) is 21. The predicted molar refractivity (Wildman–Crippen MR) is 437 cm³/mol. The number of phenolic OH excluding ortho intramolecular Hbond substituents is 1. The summed E-state index contributed by atoms with van der Waals surface area (Å²) in [4.78, 5) is 183. The molecule has 14 atom stereocenters. The van der Waals surface area contributed by atoms with Crippen molar-refractivity contribution in [1.82, 2.24) is 78.8 Å². The average Bonchev–Trinajstić information content (AvgIpc) is 1.66. The van der Waals surface area contributed by atoms with Gasteiger partial charge in [0.05, 0.1) is 30.3 Å². The zero-order valence-corrected chi connectivity index (χ0v) is 65.8. The van der Waals surface area contributed by atoms with Crippen molar-refractivity contribution in [3.63, 3.8) is 0 Å². The number of imidazole rings is 1. The highest BCUT2D eigenvalue weighted by Gasteiger charge is 2.39. The molecule has 11 amide bonds. The number of aromatic nitrogens is 3. The molecular formula is C79H103N19O16S2. The van der Waals surface area contributed by atoms with Crippen LogP contribution >= 0.6 is 25.3 Å². The number of aromatic amines is 2. The number of thiol groups is 2. The monoisotopic (exact) mass is 1640 g/mol. The van der Waals surface area contributed by atoms with Gasteiger partial charge < -0.3 is 111 Å². The van der Waals surface area contributed by atoms with Crippen molar-refractivity contribution >= 4 is 113 Å². The van der Waals surface area contributed by atoms with Gasteiger partial charge in [-0.15, -0.1) is 0 Å². The van der Waals surface area contributed by atoms with E-state index in [0.717, 1.165) is 6.92 Å². The molecular weight excluding hydrogens is 1540 g/mol. The van der Waals surface area contributed by atoms with Crippen molar-refractivity contribution in [1.29, 1.82) is 5.41 Å². The minimum atomic E-state index is -1.89. The first-order valence-electron chi connectivity index (χ1n) is 37.7. The van der Waals surface area contributed by atoms with Crippen LogP contribution in [-0.4, -0.2) is 222 Å². The summed E-state index contributed by atoms with van der Waals surface area (Å²) in [5, 5.41) is 81.8. The van der Waals surface area contributed by atoms with Gasteiger partial charge in [0.1, 0.15) is 72.2 Å². The highest BCUT2D eigenvalue weighted by atomic mass is 32.1. The molecule has 0 fully saturated rings. The lowest BCUT2D eigenvalue weighted by Crippen LogP contribution is -2.63. The first-order valence-corrected chi connectivity index (χ1v) is 38.9. The number of carboxylic acids is 1. The lowest BCUT2D eigenvalue weighted by molar-refractivity contribution is -0.141. The van der Waals surface area contributed by atoms with E-state index in [0.29, 0.717) is 50.8 Å². The number of aromatic hydroxyl groups is 1. The van der Waals surface area contributed by atoms with E-state index >= 15 is 14.4 Å². The van der Waals surface area contributed by atoms with E-state index in [4.69, 9.17) is 22.6 Å². The van der Waals surface area contributed by atoms with E-state index < -0.39 is 156 Å². The van der Waals surface area contributed by atoms with Gasteiger partial charge in [-0.1, -0.05) is 121 Å². The van der Waals surface area contributed by atoms with Crippen LogP contribution in [0.25, 0.3) is 10.9 Å². The van der Waals surface area contributed by atoms with Crippen molar-refractivity contribution in [2.24, 2.45) is 17.2 Å². The van der Waals surface area contributed by atoms with Crippen LogP contribution in [0, 0.1) is 5.41 Å². The molecule has 0 spiro atoms. The largest absolute Gasteiger partial charge is 0.508 e. The van der Waals surface area contributed by atoms with Crippen LogP contribution in [0.1, 0.15) is 79.5 Å². The number of unbranched alkanes of at least 4 members (excludes halogenated alkanes) is 1. The van der Waals surface area contributed by atoms with E-state index in [9.17, 15) is 63.6 Å². The van der Waals surface area contributed by atoms with E-state index in [2.05, 4.69) is 104 Å². The molecule has 35 nitrogen and oxygen atoms in total. The van der Waals surface area contributed by atoms with Gasteiger partial charge >= 0.3 is 5.97 Å². The molecule has 0 unspecified atom stereocenters.